The highest BCUT2D eigenvalue weighted by atomic mass is 32.2. The molecule has 0 saturated heterocycles. The number of nitrogens with zero attached hydrogens (tertiary/aromatic N) is 2. The van der Waals surface area contributed by atoms with Crippen LogP contribution < -0.4 is 10.2 Å². The van der Waals surface area contributed by atoms with Crippen LogP contribution in [0, 0.1) is 6.92 Å². The van der Waals surface area contributed by atoms with Crippen LogP contribution >= 0.6 is 23.1 Å². The van der Waals surface area contributed by atoms with Gasteiger partial charge in [-0.15, -0.1) is 11.8 Å². The van der Waals surface area contributed by atoms with Crippen LogP contribution in [-0.4, -0.2) is 29.1 Å². The molecule has 0 bridgehead atoms. The van der Waals surface area contributed by atoms with Crippen molar-refractivity contribution in [3.63, 3.8) is 0 Å². The Morgan fingerprint density at radius 1 is 1.15 bits per heavy atom. The summed E-state index contributed by atoms with van der Waals surface area (Å²) in [5.74, 6) is 0.0336. The summed E-state index contributed by atoms with van der Waals surface area (Å²) in [7, 11) is 0. The van der Waals surface area contributed by atoms with Crippen LogP contribution in [0.2, 0.25) is 0 Å². The number of para-hydroxylation sites is 1. The van der Waals surface area contributed by atoms with Gasteiger partial charge >= 0.3 is 0 Å². The van der Waals surface area contributed by atoms with Crippen molar-refractivity contribution in [2.24, 2.45) is 0 Å². The topological polar surface area (TPSA) is 62.3 Å². The number of rotatable bonds is 4. The summed E-state index contributed by atoms with van der Waals surface area (Å²) in [5.41, 5.74) is 2.73. The second kappa shape index (κ2) is 7.54. The van der Waals surface area contributed by atoms with Crippen molar-refractivity contribution in [1.29, 1.82) is 0 Å². The number of thiazole rings is 1. The van der Waals surface area contributed by atoms with E-state index in [-0.39, 0.29) is 18.4 Å². The Balaban J connectivity index is 1.50. The van der Waals surface area contributed by atoms with Gasteiger partial charge < -0.3 is 10.2 Å². The standard InChI is InChI=1S/C20H17N3O2S2/c1-13-19(14-7-3-2-4-8-14)27-20(21-13)22-17(24)11-23-15-9-5-6-10-16(15)26-12-18(23)25/h2-10H,11-12H2,1H3,(H,21,22,24). The first-order valence-corrected chi connectivity index (χ1v) is 10.3. The molecule has 0 saturated carbocycles. The average molecular weight is 396 g/mol. The molecule has 1 aliphatic rings. The van der Waals surface area contributed by atoms with E-state index in [0.29, 0.717) is 10.9 Å². The van der Waals surface area contributed by atoms with Crippen LogP contribution in [0.4, 0.5) is 10.8 Å². The smallest absolute Gasteiger partial charge is 0.246 e. The van der Waals surface area contributed by atoms with E-state index in [4.69, 9.17) is 0 Å². The quantitative estimate of drug-likeness (QED) is 0.719. The lowest BCUT2D eigenvalue weighted by Crippen LogP contribution is -2.41. The zero-order chi connectivity index (χ0) is 18.8. The van der Waals surface area contributed by atoms with Gasteiger partial charge in [0.1, 0.15) is 6.54 Å². The fourth-order valence-electron chi connectivity index (χ4n) is 2.94. The van der Waals surface area contributed by atoms with Gasteiger partial charge in [0.05, 0.1) is 22.0 Å². The van der Waals surface area contributed by atoms with Crippen molar-refractivity contribution in [2.45, 2.75) is 11.8 Å². The number of hydrogen-bond acceptors (Lipinski definition) is 5. The third-order valence-electron chi connectivity index (χ3n) is 4.19. The fourth-order valence-corrected chi connectivity index (χ4v) is 4.86. The molecule has 0 spiro atoms. The highest BCUT2D eigenvalue weighted by Gasteiger charge is 2.26. The maximum Gasteiger partial charge on any atom is 0.246 e. The summed E-state index contributed by atoms with van der Waals surface area (Å²) in [6.45, 7) is 1.91. The first-order valence-electron chi connectivity index (χ1n) is 8.47. The SMILES string of the molecule is Cc1nc(NC(=O)CN2C(=O)CSc3ccccc32)sc1-c1ccccc1. The first-order chi connectivity index (χ1) is 13.1. The Hall–Kier alpha value is -2.64. The van der Waals surface area contributed by atoms with Crippen LogP contribution in [-0.2, 0) is 9.59 Å². The predicted molar refractivity (Wildman–Crippen MR) is 110 cm³/mol. The van der Waals surface area contributed by atoms with Gasteiger partial charge in [0.15, 0.2) is 5.13 Å². The van der Waals surface area contributed by atoms with E-state index in [0.717, 1.165) is 26.7 Å². The highest BCUT2D eigenvalue weighted by molar-refractivity contribution is 8.00. The lowest BCUT2D eigenvalue weighted by atomic mass is 10.2. The summed E-state index contributed by atoms with van der Waals surface area (Å²) < 4.78 is 0. The van der Waals surface area contributed by atoms with Crippen LogP contribution in [0.25, 0.3) is 10.4 Å². The second-order valence-electron chi connectivity index (χ2n) is 6.08. The normalized spacial score (nSPS) is 13.4. The molecular weight excluding hydrogens is 378 g/mol. The molecule has 0 fully saturated rings. The van der Waals surface area contributed by atoms with Crippen LogP contribution in [0.3, 0.4) is 0 Å². The average Bonchev–Trinajstić information content (AvgIpc) is 3.05. The molecule has 7 heteroatoms. The van der Waals surface area contributed by atoms with Crippen molar-refractivity contribution in [2.75, 3.05) is 22.5 Å². The molecule has 0 radical (unpaired) electrons. The van der Waals surface area contributed by atoms with Gasteiger partial charge in [0.25, 0.3) is 0 Å². The van der Waals surface area contributed by atoms with Gasteiger partial charge in [-0.25, -0.2) is 4.98 Å². The molecule has 1 aliphatic heterocycles. The van der Waals surface area contributed by atoms with E-state index >= 15 is 0 Å². The monoisotopic (exact) mass is 395 g/mol. The minimum Gasteiger partial charge on any atom is -0.301 e. The summed E-state index contributed by atoms with van der Waals surface area (Å²) in [6.07, 6.45) is 0. The number of fused-ring (bicyclic) bond motifs is 1. The van der Waals surface area contributed by atoms with Crippen molar-refractivity contribution >= 4 is 45.7 Å². The van der Waals surface area contributed by atoms with Crippen LogP contribution in [0.1, 0.15) is 5.69 Å². The zero-order valence-corrected chi connectivity index (χ0v) is 16.3. The van der Waals surface area contributed by atoms with E-state index in [9.17, 15) is 9.59 Å². The Kier molecular flexibility index (Phi) is 4.96. The van der Waals surface area contributed by atoms with Crippen molar-refractivity contribution in [1.82, 2.24) is 4.98 Å². The van der Waals surface area contributed by atoms with E-state index < -0.39 is 0 Å². The number of amides is 2. The van der Waals surface area contributed by atoms with Crippen molar-refractivity contribution in [3.05, 3.63) is 60.3 Å². The van der Waals surface area contributed by atoms with E-state index in [1.807, 2.05) is 61.5 Å². The molecule has 136 valence electrons. The Morgan fingerprint density at radius 3 is 2.70 bits per heavy atom. The van der Waals surface area contributed by atoms with E-state index in [1.165, 1.54) is 23.1 Å². The molecule has 1 N–H and O–H groups in total. The Morgan fingerprint density at radius 2 is 1.89 bits per heavy atom. The number of anilines is 2. The summed E-state index contributed by atoms with van der Waals surface area (Å²) in [6, 6.07) is 17.6. The maximum atomic E-state index is 12.5. The first kappa shape index (κ1) is 17.8. The minimum atomic E-state index is -0.251. The number of carbonyl (C=O) groups excluding carboxylic acids is 2. The minimum absolute atomic E-state index is 0.0182. The number of hydrogen-bond donors (Lipinski definition) is 1. The Labute approximate surface area is 165 Å². The highest BCUT2D eigenvalue weighted by Crippen LogP contribution is 2.35. The van der Waals surface area contributed by atoms with Crippen molar-refractivity contribution in [3.8, 4) is 10.4 Å². The van der Waals surface area contributed by atoms with E-state index in [1.54, 1.807) is 4.90 Å². The molecule has 2 aromatic carbocycles. The van der Waals surface area contributed by atoms with Gasteiger partial charge in [0.2, 0.25) is 11.8 Å². The maximum absolute atomic E-state index is 12.5. The lowest BCUT2D eigenvalue weighted by molar-refractivity contribution is -0.120. The number of aromatic nitrogens is 1. The molecule has 2 heterocycles. The molecular formula is C20H17N3O2S2. The fraction of sp³-hybridized carbons (Fsp3) is 0.150. The summed E-state index contributed by atoms with van der Waals surface area (Å²) in [5, 5.41) is 3.38. The molecule has 3 aromatic rings. The second-order valence-corrected chi connectivity index (χ2v) is 8.10. The lowest BCUT2D eigenvalue weighted by Gasteiger charge is -2.28. The number of thioether (sulfide) groups is 1. The largest absolute Gasteiger partial charge is 0.301 e. The number of aryl methyl sites for hydroxylation is 1. The third-order valence-corrected chi connectivity index (χ3v) is 6.36. The molecule has 0 atom stereocenters. The van der Waals surface area contributed by atoms with E-state index in [2.05, 4.69) is 10.3 Å². The third kappa shape index (κ3) is 3.74. The molecule has 1 aromatic heterocycles. The molecule has 2 amide bonds. The number of benzene rings is 2. The molecule has 0 unspecified atom stereocenters. The molecule has 0 aliphatic carbocycles. The molecule has 27 heavy (non-hydrogen) atoms. The molecule has 4 rings (SSSR count). The van der Waals surface area contributed by atoms with Crippen LogP contribution in [0.5, 0.6) is 0 Å². The van der Waals surface area contributed by atoms with Gasteiger partial charge in [-0.3, -0.25) is 9.59 Å². The van der Waals surface area contributed by atoms with Gasteiger partial charge in [-0.2, -0.15) is 0 Å². The number of nitrogens with one attached hydrogen (secondary N) is 1. The molecule has 5 nitrogen and oxygen atoms in total. The number of carbonyl (C=O) groups is 2. The predicted octanol–water partition coefficient (Wildman–Crippen LogP) is 4.20. The Bertz CT molecular complexity index is 1000. The summed E-state index contributed by atoms with van der Waals surface area (Å²) >= 11 is 2.94. The zero-order valence-electron chi connectivity index (χ0n) is 14.6. The summed E-state index contributed by atoms with van der Waals surface area (Å²) in [4.78, 5) is 32.9. The van der Waals surface area contributed by atoms with Crippen molar-refractivity contribution < 1.29 is 9.59 Å². The van der Waals surface area contributed by atoms with Gasteiger partial charge in [0, 0.05) is 4.90 Å². The van der Waals surface area contributed by atoms with Gasteiger partial charge in [-0.1, -0.05) is 53.8 Å². The van der Waals surface area contributed by atoms with Gasteiger partial charge in [-0.05, 0) is 24.6 Å². The van der Waals surface area contributed by atoms with Crippen LogP contribution in [0.15, 0.2) is 59.5 Å².